The molecule has 0 bridgehead atoms. The van der Waals surface area contributed by atoms with Crippen LogP contribution in [0.15, 0.2) is 24.3 Å². The van der Waals surface area contributed by atoms with E-state index in [4.69, 9.17) is 4.74 Å². The third-order valence-corrected chi connectivity index (χ3v) is 1.62. The van der Waals surface area contributed by atoms with Crippen LogP contribution in [0.1, 0.15) is 0 Å². The molecule has 3 heteroatoms. The van der Waals surface area contributed by atoms with Crippen LogP contribution in [0.4, 0.5) is 5.69 Å². The monoisotopic (exact) mass is 215 g/mol. The van der Waals surface area contributed by atoms with Gasteiger partial charge in [0.25, 0.3) is 0 Å². The summed E-state index contributed by atoms with van der Waals surface area (Å²) in [5.74, 6) is 0.871. The fourth-order valence-corrected chi connectivity index (χ4v) is 1.13. The largest absolute Gasteiger partial charge is 0.497 e. The van der Waals surface area contributed by atoms with Crippen molar-refractivity contribution in [2.24, 2.45) is 0 Å². The first-order valence-electron chi connectivity index (χ1n) is 3.30. The number of hydrogen-bond acceptors (Lipinski definition) is 2. The number of benzene rings is 1. The molecule has 0 aliphatic heterocycles. The Balaban J connectivity index is 2.74. The van der Waals surface area contributed by atoms with Crippen LogP contribution in [0.3, 0.4) is 0 Å². The molecule has 1 aromatic carbocycles. The minimum Gasteiger partial charge on any atom is -0.497 e. The fourth-order valence-electron chi connectivity index (χ4n) is 0.810. The maximum atomic E-state index is 5.05. The van der Waals surface area contributed by atoms with Gasteiger partial charge in [0.2, 0.25) is 0 Å². The van der Waals surface area contributed by atoms with E-state index < -0.39 is 0 Å². The zero-order chi connectivity index (χ0) is 8.10. The molecular weight excluding hydrogens is 206 g/mol. The van der Waals surface area contributed by atoms with Crippen molar-refractivity contribution in [2.75, 3.05) is 17.9 Å². The number of rotatable bonds is 3. The summed E-state index contributed by atoms with van der Waals surface area (Å²) in [5.41, 5.74) is 1.81. The van der Waals surface area contributed by atoms with E-state index in [1.54, 1.807) is 7.11 Å². The molecule has 0 aliphatic carbocycles. The Morgan fingerprint density at radius 1 is 1.55 bits per heavy atom. The van der Waals surface area contributed by atoms with Crippen molar-refractivity contribution < 1.29 is 4.74 Å². The van der Waals surface area contributed by atoms with Crippen molar-refractivity contribution >= 4 is 21.6 Å². The Kier molecular flexibility index (Phi) is 3.23. The van der Waals surface area contributed by atoms with Gasteiger partial charge in [-0.25, -0.2) is 0 Å². The van der Waals surface area contributed by atoms with Gasteiger partial charge in [-0.1, -0.05) is 22.0 Å². The van der Waals surface area contributed by atoms with E-state index >= 15 is 0 Å². The van der Waals surface area contributed by atoms with Gasteiger partial charge in [-0.05, 0) is 12.1 Å². The number of alkyl halides is 1. The van der Waals surface area contributed by atoms with Gasteiger partial charge >= 0.3 is 0 Å². The highest BCUT2D eigenvalue weighted by molar-refractivity contribution is 9.09. The molecule has 0 unspecified atom stereocenters. The van der Waals surface area contributed by atoms with Crippen molar-refractivity contribution in [3.05, 3.63) is 24.3 Å². The summed E-state index contributed by atoms with van der Waals surface area (Å²) < 4.78 is 5.05. The van der Waals surface area contributed by atoms with E-state index in [2.05, 4.69) is 21.2 Å². The van der Waals surface area contributed by atoms with Gasteiger partial charge in [-0.3, -0.25) is 0 Å². The molecule has 1 aromatic rings. The second-order valence-corrected chi connectivity index (χ2v) is 2.60. The van der Waals surface area contributed by atoms with Crippen molar-refractivity contribution in [2.45, 2.75) is 0 Å². The molecule has 0 aliphatic rings. The van der Waals surface area contributed by atoms with E-state index in [9.17, 15) is 0 Å². The molecule has 0 atom stereocenters. The third kappa shape index (κ3) is 2.42. The van der Waals surface area contributed by atoms with Crippen LogP contribution >= 0.6 is 15.9 Å². The smallest absolute Gasteiger partial charge is 0.120 e. The quantitative estimate of drug-likeness (QED) is 0.618. The topological polar surface area (TPSA) is 21.3 Å². The summed E-state index contributed by atoms with van der Waals surface area (Å²) in [6, 6.07) is 7.80. The lowest BCUT2D eigenvalue weighted by molar-refractivity contribution is 0.415. The molecule has 11 heavy (non-hydrogen) atoms. The van der Waals surface area contributed by atoms with E-state index in [-0.39, 0.29) is 0 Å². The van der Waals surface area contributed by atoms with Crippen LogP contribution in [0.5, 0.6) is 5.75 Å². The van der Waals surface area contributed by atoms with Gasteiger partial charge in [0.05, 0.1) is 12.6 Å². The van der Waals surface area contributed by atoms with Crippen LogP contribution in [0.2, 0.25) is 0 Å². The summed E-state index contributed by atoms with van der Waals surface area (Å²) in [6.07, 6.45) is 0. The lowest BCUT2D eigenvalue weighted by atomic mass is 10.3. The molecule has 0 heterocycles. The third-order valence-electron chi connectivity index (χ3n) is 1.34. The minimum atomic E-state index is 0.750. The Morgan fingerprint density at radius 2 is 2.36 bits per heavy atom. The summed E-state index contributed by atoms with van der Waals surface area (Å²) in [5, 5.41) is 3.12. The van der Waals surface area contributed by atoms with Gasteiger partial charge < -0.3 is 10.1 Å². The van der Waals surface area contributed by atoms with Crippen molar-refractivity contribution in [1.82, 2.24) is 0 Å². The highest BCUT2D eigenvalue weighted by atomic mass is 79.9. The van der Waals surface area contributed by atoms with Crippen LogP contribution in [-0.2, 0) is 0 Å². The molecule has 0 saturated heterocycles. The average Bonchev–Trinajstić information content (AvgIpc) is 2.06. The van der Waals surface area contributed by atoms with E-state index in [1.165, 1.54) is 0 Å². The Hall–Kier alpha value is -0.700. The maximum Gasteiger partial charge on any atom is 0.120 e. The first-order valence-corrected chi connectivity index (χ1v) is 4.43. The van der Waals surface area contributed by atoms with Crippen molar-refractivity contribution in [1.29, 1.82) is 0 Å². The van der Waals surface area contributed by atoms with E-state index in [1.807, 2.05) is 24.3 Å². The van der Waals surface area contributed by atoms with Gasteiger partial charge in [0.1, 0.15) is 5.75 Å². The molecule has 0 amide bonds. The highest BCUT2D eigenvalue weighted by Crippen LogP contribution is 2.16. The molecule has 1 N–H and O–H groups in total. The summed E-state index contributed by atoms with van der Waals surface area (Å²) >= 11 is 3.28. The average molecular weight is 216 g/mol. The molecule has 0 fully saturated rings. The zero-order valence-electron chi connectivity index (χ0n) is 6.30. The lowest BCUT2D eigenvalue weighted by Crippen LogP contribution is -1.93. The molecule has 0 radical (unpaired) electrons. The van der Waals surface area contributed by atoms with Gasteiger partial charge in [0.15, 0.2) is 0 Å². The first-order chi connectivity index (χ1) is 5.36. The standard InChI is InChI=1S/C8H10BrNO/c1-11-8-4-2-3-7(5-8)10-6-9/h2-5,10H,6H2,1H3. The van der Waals surface area contributed by atoms with Crippen LogP contribution in [0.25, 0.3) is 0 Å². The zero-order valence-corrected chi connectivity index (χ0v) is 7.89. The molecule has 0 saturated carbocycles. The van der Waals surface area contributed by atoms with Gasteiger partial charge in [-0.2, -0.15) is 0 Å². The summed E-state index contributed by atoms with van der Waals surface area (Å²) in [7, 11) is 1.66. The first kappa shape index (κ1) is 8.40. The van der Waals surface area contributed by atoms with Crippen LogP contribution < -0.4 is 10.1 Å². The van der Waals surface area contributed by atoms with Crippen molar-refractivity contribution in [3.63, 3.8) is 0 Å². The van der Waals surface area contributed by atoms with Crippen LogP contribution in [-0.4, -0.2) is 12.6 Å². The van der Waals surface area contributed by atoms with Gasteiger partial charge in [0, 0.05) is 11.8 Å². The summed E-state index contributed by atoms with van der Waals surface area (Å²) in [4.78, 5) is 0. The Labute approximate surface area is 74.7 Å². The highest BCUT2D eigenvalue weighted by Gasteiger charge is 1.91. The molecule has 2 nitrogen and oxygen atoms in total. The second-order valence-electron chi connectivity index (χ2n) is 2.04. The predicted molar refractivity (Wildman–Crippen MR) is 50.4 cm³/mol. The van der Waals surface area contributed by atoms with Crippen LogP contribution in [0, 0.1) is 0 Å². The number of nitrogens with one attached hydrogen (secondary N) is 1. The predicted octanol–water partition coefficient (Wildman–Crippen LogP) is 2.46. The Morgan fingerprint density at radius 3 is 3.00 bits per heavy atom. The number of hydrogen-bond donors (Lipinski definition) is 1. The number of methoxy groups -OCH3 is 1. The second kappa shape index (κ2) is 4.23. The fraction of sp³-hybridized carbons (Fsp3) is 0.250. The normalized spacial score (nSPS) is 9.27. The number of halogens is 1. The molecule has 1 rings (SSSR count). The molecule has 0 spiro atoms. The molecule has 60 valence electrons. The number of ether oxygens (including phenoxy) is 1. The SMILES string of the molecule is COc1cccc(NCBr)c1. The molecule has 0 aromatic heterocycles. The molecular formula is C8H10BrNO. The van der Waals surface area contributed by atoms with E-state index in [0.29, 0.717) is 0 Å². The lowest BCUT2D eigenvalue weighted by Gasteiger charge is -2.03. The van der Waals surface area contributed by atoms with Crippen molar-refractivity contribution in [3.8, 4) is 5.75 Å². The maximum absolute atomic E-state index is 5.05. The van der Waals surface area contributed by atoms with E-state index in [0.717, 1.165) is 16.9 Å². The Bertz CT molecular complexity index is 227. The number of anilines is 1. The minimum absolute atomic E-state index is 0.750. The van der Waals surface area contributed by atoms with Gasteiger partial charge in [-0.15, -0.1) is 0 Å². The summed E-state index contributed by atoms with van der Waals surface area (Å²) in [6.45, 7) is 0.